The molecule has 0 radical (unpaired) electrons. The van der Waals surface area contributed by atoms with Crippen LogP contribution in [0.3, 0.4) is 0 Å². The molecule has 0 aliphatic carbocycles. The van der Waals surface area contributed by atoms with Crippen LogP contribution in [0.4, 0.5) is 10.1 Å². The topological polar surface area (TPSA) is 33.2 Å². The first-order valence-electron chi connectivity index (χ1n) is 5.38. The Balaban J connectivity index is 2.05. The number of halogens is 2. The highest BCUT2D eigenvalue weighted by Crippen LogP contribution is 2.29. The van der Waals surface area contributed by atoms with E-state index < -0.39 is 5.82 Å². The molecule has 0 saturated heterocycles. The molecular weight excluding hydrogens is 255 g/mol. The lowest BCUT2D eigenvalue weighted by Crippen LogP contribution is -2.24. The molecule has 0 N–H and O–H groups in total. The van der Waals surface area contributed by atoms with Crippen molar-refractivity contribution in [1.29, 1.82) is 0 Å². The number of rotatable bonds is 1. The molecule has 18 heavy (non-hydrogen) atoms. The zero-order valence-electron chi connectivity index (χ0n) is 9.23. The van der Waals surface area contributed by atoms with Gasteiger partial charge in [-0.3, -0.25) is 9.69 Å². The molecule has 2 heterocycles. The minimum Gasteiger partial charge on any atom is -0.300 e. The van der Waals surface area contributed by atoms with Gasteiger partial charge < -0.3 is 0 Å². The molecule has 0 atom stereocenters. The molecule has 5 heteroatoms. The number of pyridine rings is 1. The average Bonchev–Trinajstić information content (AvgIpc) is 2.68. The summed E-state index contributed by atoms with van der Waals surface area (Å²) in [7, 11) is 0. The molecule has 0 bridgehead atoms. The third-order valence-corrected chi connectivity index (χ3v) is 3.07. The molecule has 90 valence electrons. The van der Waals surface area contributed by atoms with Gasteiger partial charge in [-0.25, -0.2) is 9.37 Å². The lowest BCUT2D eigenvalue weighted by atomic mass is 10.2. The van der Waals surface area contributed by atoms with Gasteiger partial charge in [0.2, 0.25) is 0 Å². The van der Waals surface area contributed by atoms with Crippen LogP contribution < -0.4 is 4.90 Å². The summed E-state index contributed by atoms with van der Waals surface area (Å²) in [5.74, 6) is -0.748. The number of benzene rings is 1. The molecule has 1 aliphatic heterocycles. The summed E-state index contributed by atoms with van der Waals surface area (Å²) in [6, 6.07) is 9.53. The molecule has 2 aromatic rings. The smallest absolute Gasteiger partial charge is 0.277 e. The first-order chi connectivity index (χ1) is 8.66. The molecule has 1 aliphatic rings. The maximum absolute atomic E-state index is 13.7. The Bertz CT molecular complexity index is 645. The van der Waals surface area contributed by atoms with Crippen molar-refractivity contribution in [2.24, 2.45) is 0 Å². The van der Waals surface area contributed by atoms with E-state index in [1.54, 1.807) is 30.3 Å². The van der Waals surface area contributed by atoms with Crippen molar-refractivity contribution in [3.63, 3.8) is 0 Å². The van der Waals surface area contributed by atoms with E-state index in [0.29, 0.717) is 12.2 Å². The lowest BCUT2D eigenvalue weighted by Gasteiger charge is -2.15. The quantitative estimate of drug-likeness (QED) is 0.740. The number of amides is 1. The average molecular weight is 263 g/mol. The van der Waals surface area contributed by atoms with Crippen molar-refractivity contribution in [2.45, 2.75) is 6.54 Å². The second-order valence-electron chi connectivity index (χ2n) is 3.98. The molecule has 0 unspecified atom stereocenters. The number of hydrogen-bond acceptors (Lipinski definition) is 2. The van der Waals surface area contributed by atoms with Crippen LogP contribution in [0.2, 0.25) is 5.15 Å². The number of carbonyl (C=O) groups is 1. The van der Waals surface area contributed by atoms with E-state index in [4.69, 9.17) is 11.6 Å². The second-order valence-corrected chi connectivity index (χ2v) is 4.37. The summed E-state index contributed by atoms with van der Waals surface area (Å²) in [6.45, 7) is 0.319. The van der Waals surface area contributed by atoms with Gasteiger partial charge in [0.05, 0.1) is 12.2 Å². The fraction of sp³-hybridized carbons (Fsp3) is 0.0769. The van der Waals surface area contributed by atoms with Gasteiger partial charge in [0.15, 0.2) is 0 Å². The first kappa shape index (κ1) is 11.2. The molecule has 3 nitrogen and oxygen atoms in total. The van der Waals surface area contributed by atoms with Gasteiger partial charge in [0.25, 0.3) is 5.91 Å². The molecule has 0 saturated carbocycles. The standard InChI is InChI=1S/C13H8ClFN2O/c14-11-6-5-8-7-17(13(18)12(8)16-11)10-4-2-1-3-9(10)15/h1-6H,7H2. The predicted octanol–water partition coefficient (Wildman–Crippen LogP) is 3.03. The van der Waals surface area contributed by atoms with Crippen LogP contribution in [0, 0.1) is 5.82 Å². The lowest BCUT2D eigenvalue weighted by molar-refractivity contribution is 0.0991. The fourth-order valence-electron chi connectivity index (χ4n) is 2.01. The van der Waals surface area contributed by atoms with Crippen LogP contribution in [-0.4, -0.2) is 10.9 Å². The third kappa shape index (κ3) is 1.66. The van der Waals surface area contributed by atoms with E-state index in [9.17, 15) is 9.18 Å². The summed E-state index contributed by atoms with van der Waals surface area (Å²) in [6.07, 6.45) is 0. The van der Waals surface area contributed by atoms with Crippen LogP contribution in [0.1, 0.15) is 16.1 Å². The van der Waals surface area contributed by atoms with Gasteiger partial charge >= 0.3 is 0 Å². The predicted molar refractivity (Wildman–Crippen MR) is 66.2 cm³/mol. The summed E-state index contributed by atoms with van der Waals surface area (Å²) < 4.78 is 13.7. The Morgan fingerprint density at radius 3 is 2.78 bits per heavy atom. The van der Waals surface area contributed by atoms with E-state index >= 15 is 0 Å². The van der Waals surface area contributed by atoms with Gasteiger partial charge in [0.1, 0.15) is 16.7 Å². The van der Waals surface area contributed by atoms with Crippen LogP contribution >= 0.6 is 11.6 Å². The zero-order chi connectivity index (χ0) is 12.7. The highest BCUT2D eigenvalue weighted by atomic mass is 35.5. The largest absolute Gasteiger partial charge is 0.300 e. The summed E-state index contributed by atoms with van der Waals surface area (Å²) in [5.41, 5.74) is 1.31. The molecule has 0 spiro atoms. The van der Waals surface area contributed by atoms with Crippen LogP contribution in [0.25, 0.3) is 0 Å². The Hall–Kier alpha value is -1.94. The van der Waals surface area contributed by atoms with Crippen molar-refractivity contribution >= 4 is 23.2 Å². The highest BCUT2D eigenvalue weighted by Gasteiger charge is 2.31. The number of nitrogens with zero attached hydrogens (tertiary/aromatic N) is 2. The third-order valence-electron chi connectivity index (χ3n) is 2.86. The Morgan fingerprint density at radius 2 is 2.00 bits per heavy atom. The van der Waals surface area contributed by atoms with Gasteiger partial charge in [-0.1, -0.05) is 29.8 Å². The molecule has 1 aromatic heterocycles. The van der Waals surface area contributed by atoms with Crippen LogP contribution in [0.5, 0.6) is 0 Å². The Morgan fingerprint density at radius 1 is 1.22 bits per heavy atom. The second kappa shape index (κ2) is 4.07. The minimum atomic E-state index is -0.426. The van der Waals surface area contributed by atoms with Gasteiger partial charge in [-0.05, 0) is 18.2 Å². The maximum atomic E-state index is 13.7. The molecular formula is C13H8ClFN2O. The summed E-state index contributed by atoms with van der Waals surface area (Å²) in [4.78, 5) is 17.5. The van der Waals surface area contributed by atoms with Crippen molar-refractivity contribution in [3.05, 3.63) is 58.6 Å². The normalized spacial score (nSPS) is 13.9. The molecule has 1 aromatic carbocycles. The number of carbonyl (C=O) groups excluding carboxylic acids is 1. The van der Waals surface area contributed by atoms with Gasteiger partial charge in [-0.15, -0.1) is 0 Å². The fourth-order valence-corrected chi connectivity index (χ4v) is 2.16. The van der Waals surface area contributed by atoms with E-state index in [-0.39, 0.29) is 16.7 Å². The van der Waals surface area contributed by atoms with E-state index in [1.807, 2.05) is 0 Å². The Kier molecular flexibility index (Phi) is 2.52. The summed E-state index contributed by atoms with van der Waals surface area (Å²) >= 11 is 5.76. The molecule has 0 fully saturated rings. The van der Waals surface area contributed by atoms with E-state index in [2.05, 4.69) is 4.98 Å². The number of para-hydroxylation sites is 1. The monoisotopic (exact) mass is 262 g/mol. The Labute approximate surface area is 108 Å². The zero-order valence-corrected chi connectivity index (χ0v) is 9.99. The first-order valence-corrected chi connectivity index (χ1v) is 5.76. The van der Waals surface area contributed by atoms with E-state index in [1.165, 1.54) is 11.0 Å². The van der Waals surface area contributed by atoms with Crippen molar-refractivity contribution < 1.29 is 9.18 Å². The molecule has 1 amide bonds. The number of hydrogen-bond donors (Lipinski definition) is 0. The SMILES string of the molecule is O=C1c2nc(Cl)ccc2CN1c1ccccc1F. The van der Waals surface area contributed by atoms with Gasteiger partial charge in [0, 0.05) is 5.56 Å². The number of aromatic nitrogens is 1. The van der Waals surface area contributed by atoms with Gasteiger partial charge in [-0.2, -0.15) is 0 Å². The number of anilines is 1. The summed E-state index contributed by atoms with van der Waals surface area (Å²) in [5, 5.41) is 0.262. The van der Waals surface area contributed by atoms with E-state index in [0.717, 1.165) is 5.56 Å². The van der Waals surface area contributed by atoms with Crippen LogP contribution in [-0.2, 0) is 6.54 Å². The highest BCUT2D eigenvalue weighted by molar-refractivity contribution is 6.29. The van der Waals surface area contributed by atoms with Crippen molar-refractivity contribution in [2.75, 3.05) is 4.90 Å². The number of fused-ring (bicyclic) bond motifs is 1. The minimum absolute atomic E-state index is 0.261. The van der Waals surface area contributed by atoms with Crippen LogP contribution in [0.15, 0.2) is 36.4 Å². The molecule has 3 rings (SSSR count). The van der Waals surface area contributed by atoms with Crippen molar-refractivity contribution in [1.82, 2.24) is 4.98 Å². The van der Waals surface area contributed by atoms with Crippen molar-refractivity contribution in [3.8, 4) is 0 Å². The maximum Gasteiger partial charge on any atom is 0.277 e.